The van der Waals surface area contributed by atoms with Crippen LogP contribution in [0.25, 0.3) is 0 Å². The summed E-state index contributed by atoms with van der Waals surface area (Å²) in [7, 11) is 2.00. The Morgan fingerprint density at radius 2 is 2.22 bits per heavy atom. The molecule has 2 fully saturated rings. The second kappa shape index (κ2) is 7.08. The van der Waals surface area contributed by atoms with E-state index in [0.717, 1.165) is 43.9 Å². The Labute approximate surface area is 161 Å². The minimum absolute atomic E-state index is 0.170. The molecule has 0 unspecified atom stereocenters. The lowest BCUT2D eigenvalue weighted by atomic mass is 9.75. The summed E-state index contributed by atoms with van der Waals surface area (Å²) in [5.74, 6) is 1.05. The molecule has 6 nitrogen and oxygen atoms in total. The van der Waals surface area contributed by atoms with Gasteiger partial charge in [0.1, 0.15) is 0 Å². The Bertz CT molecular complexity index is 802. The molecule has 0 radical (unpaired) electrons. The maximum absolute atomic E-state index is 13.6. The first kappa shape index (κ1) is 18.2. The number of imidazole rings is 1. The molecule has 2 atom stereocenters. The summed E-state index contributed by atoms with van der Waals surface area (Å²) in [6.07, 6.45) is 8.47. The third-order valence-corrected chi connectivity index (χ3v) is 5.96. The summed E-state index contributed by atoms with van der Waals surface area (Å²) < 4.78 is 1.99. The quantitative estimate of drug-likeness (QED) is 0.814. The molecule has 6 heteroatoms. The van der Waals surface area contributed by atoms with Gasteiger partial charge in [-0.3, -0.25) is 9.78 Å². The number of rotatable bonds is 5. The second-order valence-corrected chi connectivity index (χ2v) is 8.60. The van der Waals surface area contributed by atoms with Crippen molar-refractivity contribution in [2.24, 2.45) is 18.4 Å². The van der Waals surface area contributed by atoms with Gasteiger partial charge in [0.05, 0.1) is 17.4 Å². The molecular weight excluding hydrogens is 338 g/mol. The van der Waals surface area contributed by atoms with Crippen molar-refractivity contribution in [3.8, 4) is 0 Å². The van der Waals surface area contributed by atoms with Gasteiger partial charge in [-0.1, -0.05) is 19.9 Å². The SMILES string of the molecule is CC(C)CN1C[C@@H](c2cn(C)cn2)[C@]2(CCN(Cc3cccnc3)C2=O)C1. The first-order valence-corrected chi connectivity index (χ1v) is 9.86. The minimum atomic E-state index is -0.342. The number of amides is 1. The first-order valence-electron chi connectivity index (χ1n) is 9.86. The summed E-state index contributed by atoms with van der Waals surface area (Å²) in [4.78, 5) is 26.9. The molecule has 144 valence electrons. The summed E-state index contributed by atoms with van der Waals surface area (Å²) in [6.45, 7) is 8.73. The molecule has 2 aromatic heterocycles. The lowest BCUT2D eigenvalue weighted by Gasteiger charge is -2.28. The first-order chi connectivity index (χ1) is 13.0. The summed E-state index contributed by atoms with van der Waals surface area (Å²) in [6, 6.07) is 3.98. The third kappa shape index (κ3) is 3.38. The molecule has 0 aliphatic carbocycles. The highest BCUT2D eigenvalue weighted by Crippen LogP contribution is 2.49. The lowest BCUT2D eigenvalue weighted by Crippen LogP contribution is -2.39. The maximum Gasteiger partial charge on any atom is 0.231 e. The Morgan fingerprint density at radius 1 is 1.37 bits per heavy atom. The van der Waals surface area contributed by atoms with Gasteiger partial charge < -0.3 is 14.4 Å². The van der Waals surface area contributed by atoms with E-state index in [1.54, 1.807) is 6.20 Å². The van der Waals surface area contributed by atoms with Crippen molar-refractivity contribution in [2.75, 3.05) is 26.2 Å². The molecule has 0 aromatic carbocycles. The van der Waals surface area contributed by atoms with Gasteiger partial charge in [0.25, 0.3) is 0 Å². The zero-order chi connectivity index (χ0) is 19.0. The van der Waals surface area contributed by atoms with E-state index < -0.39 is 0 Å². The van der Waals surface area contributed by atoms with Crippen molar-refractivity contribution in [3.63, 3.8) is 0 Å². The maximum atomic E-state index is 13.6. The van der Waals surface area contributed by atoms with E-state index in [2.05, 4.69) is 34.9 Å². The van der Waals surface area contributed by atoms with Gasteiger partial charge >= 0.3 is 0 Å². The van der Waals surface area contributed by atoms with Crippen LogP contribution in [0.1, 0.15) is 37.4 Å². The molecule has 27 heavy (non-hydrogen) atoms. The average Bonchev–Trinajstić information content (AvgIpc) is 3.30. The van der Waals surface area contributed by atoms with Gasteiger partial charge in [0.15, 0.2) is 0 Å². The topological polar surface area (TPSA) is 54.3 Å². The number of hydrogen-bond acceptors (Lipinski definition) is 4. The summed E-state index contributed by atoms with van der Waals surface area (Å²) in [5, 5.41) is 0. The van der Waals surface area contributed by atoms with Crippen molar-refractivity contribution in [2.45, 2.75) is 32.7 Å². The van der Waals surface area contributed by atoms with Crippen molar-refractivity contribution < 1.29 is 4.79 Å². The Kier molecular flexibility index (Phi) is 4.76. The van der Waals surface area contributed by atoms with Crippen LogP contribution in [-0.4, -0.2) is 56.4 Å². The van der Waals surface area contributed by atoms with E-state index in [0.29, 0.717) is 12.5 Å². The Morgan fingerprint density at radius 3 is 2.89 bits per heavy atom. The zero-order valence-corrected chi connectivity index (χ0v) is 16.5. The van der Waals surface area contributed by atoms with Gasteiger partial charge in [-0.15, -0.1) is 0 Å². The van der Waals surface area contributed by atoms with Crippen LogP contribution in [0.15, 0.2) is 37.1 Å². The normalized spacial score (nSPS) is 26.0. The highest BCUT2D eigenvalue weighted by Gasteiger charge is 2.57. The molecule has 0 saturated carbocycles. The fourth-order valence-electron chi connectivity index (χ4n) is 4.84. The predicted molar refractivity (Wildman–Crippen MR) is 104 cm³/mol. The van der Waals surface area contributed by atoms with Crippen molar-refractivity contribution in [3.05, 3.63) is 48.3 Å². The third-order valence-electron chi connectivity index (χ3n) is 5.96. The zero-order valence-electron chi connectivity index (χ0n) is 16.5. The highest BCUT2D eigenvalue weighted by atomic mass is 16.2. The van der Waals surface area contributed by atoms with Gasteiger partial charge in [-0.05, 0) is 24.0 Å². The van der Waals surface area contributed by atoms with Gasteiger partial charge in [-0.2, -0.15) is 0 Å². The van der Waals surface area contributed by atoms with Crippen molar-refractivity contribution in [1.82, 2.24) is 24.3 Å². The molecule has 2 aliphatic heterocycles. The van der Waals surface area contributed by atoms with E-state index >= 15 is 0 Å². The Hall–Kier alpha value is -2.21. The molecular formula is C21H29N5O. The monoisotopic (exact) mass is 367 g/mol. The number of likely N-dealkylation sites (tertiary alicyclic amines) is 2. The minimum Gasteiger partial charge on any atom is -0.340 e. The summed E-state index contributed by atoms with van der Waals surface area (Å²) in [5.41, 5.74) is 1.81. The highest BCUT2D eigenvalue weighted by molar-refractivity contribution is 5.86. The van der Waals surface area contributed by atoms with Crippen LogP contribution < -0.4 is 0 Å². The average molecular weight is 367 g/mol. The smallest absolute Gasteiger partial charge is 0.231 e. The van der Waals surface area contributed by atoms with Crippen LogP contribution in [0.3, 0.4) is 0 Å². The number of pyridine rings is 1. The number of aryl methyl sites for hydroxylation is 1. The fourth-order valence-corrected chi connectivity index (χ4v) is 4.84. The fraction of sp³-hybridized carbons (Fsp3) is 0.571. The molecule has 4 heterocycles. The lowest BCUT2D eigenvalue weighted by molar-refractivity contribution is -0.136. The molecule has 4 rings (SSSR count). The van der Waals surface area contributed by atoms with E-state index in [9.17, 15) is 4.79 Å². The molecule has 1 spiro atoms. The number of carbonyl (C=O) groups excluding carboxylic acids is 1. The van der Waals surface area contributed by atoms with E-state index in [4.69, 9.17) is 0 Å². The summed E-state index contributed by atoms with van der Waals surface area (Å²) >= 11 is 0. The van der Waals surface area contributed by atoms with E-state index in [-0.39, 0.29) is 17.2 Å². The van der Waals surface area contributed by atoms with E-state index in [1.807, 2.05) is 41.2 Å². The number of aromatic nitrogens is 3. The molecule has 1 amide bonds. The van der Waals surface area contributed by atoms with Gasteiger partial charge in [0.2, 0.25) is 5.91 Å². The van der Waals surface area contributed by atoms with Crippen LogP contribution in [0.5, 0.6) is 0 Å². The molecule has 2 aliphatic rings. The van der Waals surface area contributed by atoms with Crippen molar-refractivity contribution >= 4 is 5.91 Å². The molecule has 2 saturated heterocycles. The molecule has 0 N–H and O–H groups in total. The standard InChI is InChI=1S/C21H29N5O/c1-16(2)10-25-12-18(19-13-24(3)15-23-19)21(14-25)6-8-26(20(21)27)11-17-5-4-7-22-9-17/h4-5,7,9,13,15-16,18H,6,8,10-12,14H2,1-3H3/t18-,21-/m0/s1. The van der Waals surface area contributed by atoms with Crippen LogP contribution in [-0.2, 0) is 18.4 Å². The van der Waals surface area contributed by atoms with Crippen LogP contribution >= 0.6 is 0 Å². The predicted octanol–water partition coefficient (Wildman–Crippen LogP) is 2.29. The molecule has 2 aromatic rings. The van der Waals surface area contributed by atoms with Crippen LogP contribution in [0.4, 0.5) is 0 Å². The number of nitrogens with zero attached hydrogens (tertiary/aromatic N) is 5. The largest absolute Gasteiger partial charge is 0.340 e. The van der Waals surface area contributed by atoms with Crippen LogP contribution in [0, 0.1) is 11.3 Å². The van der Waals surface area contributed by atoms with Crippen LogP contribution in [0.2, 0.25) is 0 Å². The second-order valence-electron chi connectivity index (χ2n) is 8.60. The van der Waals surface area contributed by atoms with E-state index in [1.165, 1.54) is 0 Å². The van der Waals surface area contributed by atoms with Gasteiger partial charge in [0, 0.05) is 64.3 Å². The molecule has 0 bridgehead atoms. The van der Waals surface area contributed by atoms with Gasteiger partial charge in [-0.25, -0.2) is 4.98 Å². The number of carbonyl (C=O) groups is 1. The Balaban J connectivity index is 1.60. The van der Waals surface area contributed by atoms with Crippen molar-refractivity contribution in [1.29, 1.82) is 0 Å². The number of hydrogen-bond donors (Lipinski definition) is 0.